The van der Waals surface area contributed by atoms with Crippen molar-refractivity contribution >= 4 is 24.0 Å². The molecule has 0 N–H and O–H groups in total. The summed E-state index contributed by atoms with van der Waals surface area (Å²) in [5, 5.41) is 0. The van der Waals surface area contributed by atoms with Crippen LogP contribution in [0.15, 0.2) is 66.8 Å². The van der Waals surface area contributed by atoms with Crippen molar-refractivity contribution in [2.24, 2.45) is 0 Å². The Morgan fingerprint density at radius 1 is 0.974 bits per heavy atom. The molecule has 0 aromatic heterocycles. The highest BCUT2D eigenvalue weighted by Crippen LogP contribution is 2.28. The molecule has 2 unspecified atom stereocenters. The van der Waals surface area contributed by atoms with E-state index in [1.807, 2.05) is 0 Å². The van der Waals surface area contributed by atoms with Crippen molar-refractivity contribution in [2.75, 3.05) is 6.61 Å². The Morgan fingerprint density at radius 2 is 1.64 bits per heavy atom. The van der Waals surface area contributed by atoms with E-state index in [9.17, 15) is 14.4 Å². The van der Waals surface area contributed by atoms with E-state index < -0.39 is 11.9 Å². The molecule has 3 rings (SSSR count). The summed E-state index contributed by atoms with van der Waals surface area (Å²) in [7, 11) is 0. The molecule has 1 aliphatic heterocycles. The number of hydrogen-bond acceptors (Lipinski definition) is 7. The van der Waals surface area contributed by atoms with Crippen LogP contribution in [0, 0.1) is 0 Å². The molecule has 1 aliphatic rings. The van der Waals surface area contributed by atoms with Crippen LogP contribution in [0.5, 0.6) is 11.5 Å². The van der Waals surface area contributed by atoms with Crippen molar-refractivity contribution in [1.29, 1.82) is 0 Å². The van der Waals surface area contributed by atoms with Crippen molar-refractivity contribution in [3.63, 3.8) is 0 Å². The molecule has 1 saturated heterocycles. The summed E-state index contributed by atoms with van der Waals surface area (Å²) in [4.78, 5) is 36.0. The summed E-state index contributed by atoms with van der Waals surface area (Å²) in [6, 6.07) is 13.5. The first kappa shape index (κ1) is 29.7. The van der Waals surface area contributed by atoms with Crippen molar-refractivity contribution in [1.82, 2.24) is 0 Å². The number of cyclic esters (lactones) is 1. The Bertz CT molecular complexity index is 1120. The molecule has 7 nitrogen and oxygen atoms in total. The van der Waals surface area contributed by atoms with Gasteiger partial charge in [0.2, 0.25) is 0 Å². The lowest BCUT2D eigenvalue weighted by Gasteiger charge is -2.24. The fourth-order valence-corrected chi connectivity index (χ4v) is 4.25. The number of esters is 3. The van der Waals surface area contributed by atoms with Gasteiger partial charge in [0, 0.05) is 18.1 Å². The normalized spacial score (nSPS) is 15.7. The average Bonchev–Trinajstić information content (AvgIpc) is 3.27. The van der Waals surface area contributed by atoms with Crippen LogP contribution in [0.4, 0.5) is 0 Å². The topological polar surface area (TPSA) is 88.1 Å². The monoisotopic (exact) mass is 534 g/mol. The van der Waals surface area contributed by atoms with Crippen LogP contribution < -0.4 is 9.47 Å². The van der Waals surface area contributed by atoms with Gasteiger partial charge in [-0.15, -0.1) is 0 Å². The number of carbonyl (C=O) groups is 3. The number of benzene rings is 2. The van der Waals surface area contributed by atoms with Crippen molar-refractivity contribution in [3.05, 3.63) is 77.9 Å². The first-order valence-corrected chi connectivity index (χ1v) is 13.7. The molecule has 0 saturated carbocycles. The summed E-state index contributed by atoms with van der Waals surface area (Å²) in [6.07, 6.45) is 10.5. The van der Waals surface area contributed by atoms with E-state index in [0.29, 0.717) is 35.7 Å². The van der Waals surface area contributed by atoms with Gasteiger partial charge in [0.1, 0.15) is 23.7 Å². The quantitative estimate of drug-likeness (QED) is 0.107. The van der Waals surface area contributed by atoms with Crippen LogP contribution in [0.3, 0.4) is 0 Å². The Morgan fingerprint density at radius 3 is 2.28 bits per heavy atom. The Kier molecular flexibility index (Phi) is 11.8. The summed E-state index contributed by atoms with van der Waals surface area (Å²) in [5.74, 6) is -0.299. The Hall–Kier alpha value is -3.87. The van der Waals surface area contributed by atoms with Crippen LogP contribution in [0.25, 0.3) is 6.08 Å². The minimum Gasteiger partial charge on any atom is -0.487 e. The van der Waals surface area contributed by atoms with Gasteiger partial charge in [-0.3, -0.25) is 0 Å². The fraction of sp³-hybridized carbons (Fsp3) is 0.406. The van der Waals surface area contributed by atoms with Gasteiger partial charge in [0.25, 0.3) is 0 Å². The molecule has 0 aliphatic carbocycles. The largest absolute Gasteiger partial charge is 0.487 e. The highest BCUT2D eigenvalue weighted by atomic mass is 16.6. The van der Waals surface area contributed by atoms with E-state index >= 15 is 0 Å². The smallest absolute Gasteiger partial charge is 0.343 e. The third-order valence-electron chi connectivity index (χ3n) is 6.42. The van der Waals surface area contributed by atoms with E-state index in [0.717, 1.165) is 24.8 Å². The standard InChI is InChI=1S/C32H38O7/c1-4-6-7-8-9-10-11-28(29-22-23(3)31(34)39-29)37-26-19-15-25(16-20-26)32(35)38-27-17-12-24(13-18-27)14-21-30(33)36-5-2/h12-21,28-29H,3-11,22H2,1-2H3/b21-14+. The van der Waals surface area contributed by atoms with Crippen LogP contribution >= 0.6 is 0 Å². The van der Waals surface area contributed by atoms with Gasteiger partial charge < -0.3 is 18.9 Å². The molecule has 2 aromatic carbocycles. The summed E-state index contributed by atoms with van der Waals surface area (Å²) in [5.41, 5.74) is 1.62. The molecular formula is C32H38O7. The van der Waals surface area contributed by atoms with Crippen LogP contribution in [0.1, 0.15) is 81.1 Å². The Balaban J connectivity index is 1.56. The third-order valence-corrected chi connectivity index (χ3v) is 6.42. The van der Waals surface area contributed by atoms with Crippen LogP contribution in [-0.2, 0) is 19.1 Å². The summed E-state index contributed by atoms with van der Waals surface area (Å²) < 4.78 is 22.1. The first-order valence-electron chi connectivity index (χ1n) is 13.7. The SMILES string of the molecule is C=C1CC(C(CCCCCCCC)Oc2ccc(C(=O)Oc3ccc(/C=C/C(=O)OCC)cc3)cc2)OC1=O. The zero-order valence-corrected chi connectivity index (χ0v) is 22.9. The number of unbranched alkanes of at least 4 members (excludes halogenated alkanes) is 5. The van der Waals surface area contributed by atoms with Crippen LogP contribution in [-0.4, -0.2) is 36.7 Å². The lowest BCUT2D eigenvalue weighted by molar-refractivity contribution is -0.142. The van der Waals surface area contributed by atoms with Crippen LogP contribution in [0.2, 0.25) is 0 Å². The lowest BCUT2D eigenvalue weighted by atomic mass is 10.0. The van der Waals surface area contributed by atoms with Crippen molar-refractivity contribution < 1.29 is 33.3 Å². The molecule has 39 heavy (non-hydrogen) atoms. The van der Waals surface area contributed by atoms with Gasteiger partial charge >= 0.3 is 17.9 Å². The molecule has 0 bridgehead atoms. The van der Waals surface area contributed by atoms with Gasteiger partial charge in [-0.2, -0.15) is 0 Å². The second kappa shape index (κ2) is 15.5. The highest BCUT2D eigenvalue weighted by Gasteiger charge is 2.35. The second-order valence-corrected chi connectivity index (χ2v) is 9.53. The molecule has 1 fully saturated rings. The number of ether oxygens (including phenoxy) is 4. The van der Waals surface area contributed by atoms with Gasteiger partial charge in [0.15, 0.2) is 0 Å². The van der Waals surface area contributed by atoms with Crippen molar-refractivity contribution in [3.8, 4) is 11.5 Å². The van der Waals surface area contributed by atoms with Gasteiger partial charge in [-0.25, -0.2) is 14.4 Å². The maximum absolute atomic E-state index is 12.6. The van der Waals surface area contributed by atoms with Crippen molar-refractivity contribution in [2.45, 2.75) is 77.4 Å². The van der Waals surface area contributed by atoms with E-state index in [4.69, 9.17) is 18.9 Å². The number of rotatable bonds is 15. The maximum Gasteiger partial charge on any atom is 0.343 e. The van der Waals surface area contributed by atoms with E-state index in [2.05, 4.69) is 13.5 Å². The molecule has 0 amide bonds. The minimum atomic E-state index is -0.499. The molecule has 7 heteroatoms. The average molecular weight is 535 g/mol. The van der Waals surface area contributed by atoms with E-state index in [-0.39, 0.29) is 18.2 Å². The number of carbonyl (C=O) groups excluding carboxylic acids is 3. The first-order chi connectivity index (χ1) is 18.9. The van der Waals surface area contributed by atoms with E-state index in [1.54, 1.807) is 61.5 Å². The molecule has 2 atom stereocenters. The number of hydrogen-bond donors (Lipinski definition) is 0. The maximum atomic E-state index is 12.6. The molecule has 1 heterocycles. The molecule has 208 valence electrons. The minimum absolute atomic E-state index is 0.284. The zero-order chi connectivity index (χ0) is 28.0. The van der Waals surface area contributed by atoms with Gasteiger partial charge in [-0.05, 0) is 67.8 Å². The predicted molar refractivity (Wildman–Crippen MR) is 150 cm³/mol. The Labute approximate surface area is 230 Å². The van der Waals surface area contributed by atoms with Gasteiger partial charge in [0.05, 0.1) is 12.2 Å². The molecule has 0 radical (unpaired) electrons. The fourth-order valence-electron chi connectivity index (χ4n) is 4.25. The highest BCUT2D eigenvalue weighted by molar-refractivity contribution is 5.91. The molecule has 0 spiro atoms. The molecule has 2 aromatic rings. The third kappa shape index (κ3) is 9.74. The predicted octanol–water partition coefficient (Wildman–Crippen LogP) is 6.85. The van der Waals surface area contributed by atoms with Gasteiger partial charge in [-0.1, -0.05) is 57.7 Å². The zero-order valence-electron chi connectivity index (χ0n) is 22.9. The van der Waals surface area contributed by atoms with E-state index in [1.165, 1.54) is 31.8 Å². The second-order valence-electron chi connectivity index (χ2n) is 9.53. The summed E-state index contributed by atoms with van der Waals surface area (Å²) >= 11 is 0. The molecular weight excluding hydrogens is 496 g/mol. The lowest BCUT2D eigenvalue weighted by Crippen LogP contribution is -2.31. The summed E-state index contributed by atoms with van der Waals surface area (Å²) in [6.45, 7) is 8.05.